The lowest BCUT2D eigenvalue weighted by Gasteiger charge is -2.25. The molecule has 0 bridgehead atoms. The lowest BCUT2D eigenvalue weighted by atomic mass is 10.2. The van der Waals surface area contributed by atoms with Gasteiger partial charge in [0, 0.05) is 12.7 Å². The average molecular weight is 203 g/mol. The minimum Gasteiger partial charge on any atom is -0.350 e. The molecule has 1 aliphatic heterocycles. The number of rotatable bonds is 1. The van der Waals surface area contributed by atoms with Crippen molar-refractivity contribution in [3.8, 4) is 6.07 Å². The van der Waals surface area contributed by atoms with Crippen molar-refractivity contribution in [2.45, 2.75) is 6.42 Å². The van der Waals surface area contributed by atoms with Crippen molar-refractivity contribution in [3.05, 3.63) is 35.8 Å². The van der Waals surface area contributed by atoms with Gasteiger partial charge in [-0.2, -0.15) is 5.26 Å². The van der Waals surface area contributed by atoms with E-state index < -0.39 is 0 Å². The molecule has 76 valence electrons. The number of pyridine rings is 1. The van der Waals surface area contributed by atoms with Crippen LogP contribution in [-0.2, 0) is 0 Å². The van der Waals surface area contributed by atoms with Gasteiger partial charge in [0.15, 0.2) is 0 Å². The molecule has 2 heterocycles. The van der Waals surface area contributed by atoms with Gasteiger partial charge in [0.2, 0.25) is 0 Å². The monoisotopic (exact) mass is 203 g/mol. The molecule has 0 saturated carbocycles. The van der Waals surface area contributed by atoms with Gasteiger partial charge in [-0.1, -0.05) is 0 Å². The van der Waals surface area contributed by atoms with Crippen molar-refractivity contribution < 1.29 is 4.39 Å². The predicted octanol–water partition coefficient (Wildman–Crippen LogP) is 2.02. The van der Waals surface area contributed by atoms with Crippen molar-refractivity contribution in [1.29, 1.82) is 5.26 Å². The lowest BCUT2D eigenvalue weighted by Crippen LogP contribution is -2.29. The van der Waals surface area contributed by atoms with Crippen LogP contribution in [0.15, 0.2) is 30.2 Å². The molecule has 15 heavy (non-hydrogen) atoms. The highest BCUT2D eigenvalue weighted by Crippen LogP contribution is 2.17. The first kappa shape index (κ1) is 9.66. The predicted molar refractivity (Wildman–Crippen MR) is 55.0 cm³/mol. The first-order valence-corrected chi connectivity index (χ1v) is 4.75. The summed E-state index contributed by atoms with van der Waals surface area (Å²) in [4.78, 5) is 5.97. The highest BCUT2D eigenvalue weighted by atomic mass is 19.1. The summed E-state index contributed by atoms with van der Waals surface area (Å²) in [6.45, 7) is 1.05. The zero-order valence-electron chi connectivity index (χ0n) is 8.15. The quantitative estimate of drug-likeness (QED) is 0.701. The Labute approximate surface area is 87.5 Å². The van der Waals surface area contributed by atoms with E-state index in [1.165, 1.54) is 6.20 Å². The van der Waals surface area contributed by atoms with Crippen molar-refractivity contribution in [1.82, 2.24) is 4.98 Å². The third-order valence-electron chi connectivity index (χ3n) is 2.31. The molecule has 1 aromatic heterocycles. The zero-order valence-corrected chi connectivity index (χ0v) is 8.15. The molecule has 0 unspecified atom stereocenters. The highest BCUT2D eigenvalue weighted by Gasteiger charge is 2.13. The van der Waals surface area contributed by atoms with Crippen molar-refractivity contribution in [2.75, 3.05) is 18.0 Å². The number of hydrogen-bond acceptors (Lipinski definition) is 3. The van der Waals surface area contributed by atoms with E-state index in [0.717, 1.165) is 12.4 Å². The molecule has 2 rings (SSSR count). The van der Waals surface area contributed by atoms with E-state index in [1.807, 2.05) is 11.0 Å². The third-order valence-corrected chi connectivity index (χ3v) is 2.31. The van der Waals surface area contributed by atoms with E-state index in [9.17, 15) is 4.39 Å². The van der Waals surface area contributed by atoms with Gasteiger partial charge in [0.25, 0.3) is 0 Å². The molecule has 1 aliphatic rings. The Morgan fingerprint density at radius 2 is 2.33 bits per heavy atom. The van der Waals surface area contributed by atoms with Crippen LogP contribution in [0.4, 0.5) is 10.2 Å². The van der Waals surface area contributed by atoms with E-state index in [1.54, 1.807) is 18.2 Å². The molecule has 3 nitrogen and oxygen atoms in total. The van der Waals surface area contributed by atoms with Crippen LogP contribution in [0, 0.1) is 11.3 Å². The number of anilines is 1. The minimum absolute atomic E-state index is 0.118. The molecule has 0 aliphatic carbocycles. The number of halogens is 1. The van der Waals surface area contributed by atoms with Crippen molar-refractivity contribution in [3.63, 3.8) is 0 Å². The minimum atomic E-state index is -0.118. The van der Waals surface area contributed by atoms with Crippen molar-refractivity contribution in [2.24, 2.45) is 0 Å². The largest absolute Gasteiger partial charge is 0.350 e. The zero-order chi connectivity index (χ0) is 10.7. The summed E-state index contributed by atoms with van der Waals surface area (Å²) in [5, 5.41) is 8.61. The van der Waals surface area contributed by atoms with Gasteiger partial charge in [0.05, 0.1) is 12.1 Å². The highest BCUT2D eigenvalue weighted by molar-refractivity contribution is 5.43. The molecule has 0 radical (unpaired) electrons. The van der Waals surface area contributed by atoms with E-state index in [0.29, 0.717) is 12.0 Å². The third kappa shape index (κ3) is 2.13. The first-order valence-electron chi connectivity index (χ1n) is 4.75. The summed E-state index contributed by atoms with van der Waals surface area (Å²) in [5.41, 5.74) is 0.520. The van der Waals surface area contributed by atoms with Crippen molar-refractivity contribution >= 4 is 5.82 Å². The summed E-state index contributed by atoms with van der Waals surface area (Å²) in [5.74, 6) is 0.602. The molecule has 0 fully saturated rings. The molecule has 0 saturated heterocycles. The Morgan fingerprint density at radius 3 is 2.93 bits per heavy atom. The average Bonchev–Trinajstić information content (AvgIpc) is 2.29. The Morgan fingerprint density at radius 1 is 1.47 bits per heavy atom. The van der Waals surface area contributed by atoms with Crippen LogP contribution in [0.3, 0.4) is 0 Å². The number of aromatic nitrogens is 1. The summed E-state index contributed by atoms with van der Waals surface area (Å²) in [6, 6.07) is 5.44. The van der Waals surface area contributed by atoms with Crippen LogP contribution in [0.5, 0.6) is 0 Å². The Bertz CT molecular complexity index is 416. The van der Waals surface area contributed by atoms with E-state index in [2.05, 4.69) is 4.98 Å². The van der Waals surface area contributed by atoms with Crippen LogP contribution >= 0.6 is 0 Å². The van der Waals surface area contributed by atoms with Gasteiger partial charge in [-0.25, -0.2) is 9.37 Å². The van der Waals surface area contributed by atoms with Gasteiger partial charge in [-0.15, -0.1) is 0 Å². The topological polar surface area (TPSA) is 39.9 Å². The normalized spacial score (nSPS) is 15.7. The van der Waals surface area contributed by atoms with Gasteiger partial charge < -0.3 is 4.90 Å². The first-order chi connectivity index (χ1) is 7.29. The number of nitrogens with zero attached hydrogens (tertiary/aromatic N) is 3. The fraction of sp³-hybridized carbons (Fsp3) is 0.273. The second kappa shape index (κ2) is 4.09. The van der Waals surface area contributed by atoms with Gasteiger partial charge >= 0.3 is 0 Å². The maximum Gasteiger partial charge on any atom is 0.128 e. The lowest BCUT2D eigenvalue weighted by molar-refractivity contribution is 0.573. The number of nitriles is 1. The van der Waals surface area contributed by atoms with Crippen LogP contribution in [0.1, 0.15) is 12.0 Å². The molecule has 4 heteroatoms. The second-order valence-corrected chi connectivity index (χ2v) is 3.38. The van der Waals surface area contributed by atoms with Crippen LogP contribution < -0.4 is 4.90 Å². The number of hydrogen-bond donors (Lipinski definition) is 0. The smallest absolute Gasteiger partial charge is 0.128 e. The van der Waals surface area contributed by atoms with E-state index >= 15 is 0 Å². The summed E-state index contributed by atoms with van der Waals surface area (Å²) in [6.07, 6.45) is 3.80. The summed E-state index contributed by atoms with van der Waals surface area (Å²) in [7, 11) is 0. The van der Waals surface area contributed by atoms with E-state index in [4.69, 9.17) is 5.26 Å². The Balaban J connectivity index is 2.17. The van der Waals surface area contributed by atoms with Gasteiger partial charge in [0.1, 0.15) is 17.7 Å². The van der Waals surface area contributed by atoms with Crippen LogP contribution in [0.25, 0.3) is 0 Å². The molecule has 1 aromatic rings. The molecule has 0 aromatic carbocycles. The molecular formula is C11H10FN3. The molecule has 0 N–H and O–H groups in total. The van der Waals surface area contributed by atoms with Crippen LogP contribution in [-0.4, -0.2) is 18.1 Å². The SMILES string of the molecule is N#Cc1ccc(N2CCC=C(F)C2)nc1. The van der Waals surface area contributed by atoms with Gasteiger partial charge in [-0.05, 0) is 24.6 Å². The standard InChI is InChI=1S/C11H10FN3/c12-10-2-1-5-15(8-10)11-4-3-9(6-13)7-14-11/h2-4,7H,1,5,8H2. The van der Waals surface area contributed by atoms with Gasteiger partial charge in [-0.3, -0.25) is 0 Å². The van der Waals surface area contributed by atoms with E-state index in [-0.39, 0.29) is 12.4 Å². The summed E-state index contributed by atoms with van der Waals surface area (Å²) < 4.78 is 13.0. The van der Waals surface area contributed by atoms with Crippen LogP contribution in [0.2, 0.25) is 0 Å². The molecule has 0 spiro atoms. The second-order valence-electron chi connectivity index (χ2n) is 3.38. The maximum atomic E-state index is 13.0. The molecule has 0 atom stereocenters. The maximum absolute atomic E-state index is 13.0. The Hall–Kier alpha value is -1.89. The summed E-state index contributed by atoms with van der Waals surface area (Å²) >= 11 is 0. The molecular weight excluding hydrogens is 193 g/mol. The molecule has 0 amide bonds. The fourth-order valence-corrected chi connectivity index (χ4v) is 1.54. The Kier molecular flexibility index (Phi) is 2.64. The fourth-order valence-electron chi connectivity index (χ4n) is 1.54.